The van der Waals surface area contributed by atoms with Crippen LogP contribution in [-0.2, 0) is 14.3 Å². The van der Waals surface area contributed by atoms with E-state index in [1.807, 2.05) is 13.8 Å². The summed E-state index contributed by atoms with van der Waals surface area (Å²) in [5.74, 6) is -0.293. The van der Waals surface area contributed by atoms with E-state index < -0.39 is 0 Å². The van der Waals surface area contributed by atoms with E-state index in [1.165, 1.54) is 20.5 Å². The lowest BCUT2D eigenvalue weighted by Gasteiger charge is -2.12. The molecule has 1 unspecified atom stereocenters. The molecule has 0 saturated carbocycles. The minimum Gasteiger partial charge on any atom is -0.469 e. The van der Waals surface area contributed by atoms with Gasteiger partial charge in [-0.2, -0.15) is 0 Å². The Morgan fingerprint density at radius 2 is 1.76 bits per heavy atom. The number of hydrogen-bond donors (Lipinski definition) is 0. The lowest BCUT2D eigenvalue weighted by molar-refractivity contribution is -0.145. The minimum atomic E-state index is -0.209. The highest BCUT2D eigenvalue weighted by Gasteiger charge is 2.29. The van der Waals surface area contributed by atoms with Gasteiger partial charge in [-0.05, 0) is 6.42 Å². The van der Waals surface area contributed by atoms with Crippen molar-refractivity contribution in [3.05, 3.63) is 0 Å². The molecule has 1 fully saturated rings. The molecule has 0 aromatic rings. The third-order valence-corrected chi connectivity index (χ3v) is 2.17. The molecule has 0 spiro atoms. The van der Waals surface area contributed by atoms with Gasteiger partial charge in [0.1, 0.15) is 0 Å². The number of likely N-dealkylation sites (tertiary alicyclic amines) is 1. The maximum atomic E-state index is 11.0. The third-order valence-electron chi connectivity index (χ3n) is 2.17. The van der Waals surface area contributed by atoms with Crippen LogP contribution < -0.4 is 0 Å². The standard InChI is InChI=1S/C8H13NO3.C3H8.C2H6/c1-6(10)9-4-3-7(5-9)8(11)12-2;1-3-2;1-2/h7H,3-5H2,1-2H3;3H2,1-2H3;1-2H3. The monoisotopic (exact) mass is 245 g/mol. The molecule has 1 rings (SSSR count). The molecule has 1 heterocycles. The molecule has 1 amide bonds. The van der Waals surface area contributed by atoms with Crippen molar-refractivity contribution in [3.63, 3.8) is 0 Å². The van der Waals surface area contributed by atoms with Crippen molar-refractivity contribution >= 4 is 11.9 Å². The van der Waals surface area contributed by atoms with Gasteiger partial charge in [0.2, 0.25) is 5.91 Å². The van der Waals surface area contributed by atoms with E-state index in [0.717, 1.165) is 6.42 Å². The Morgan fingerprint density at radius 1 is 1.29 bits per heavy atom. The molecule has 1 aliphatic rings. The second-order valence-electron chi connectivity index (χ2n) is 3.68. The van der Waals surface area contributed by atoms with Crippen LogP contribution in [0.2, 0.25) is 0 Å². The van der Waals surface area contributed by atoms with Crippen LogP contribution in [0.3, 0.4) is 0 Å². The van der Waals surface area contributed by atoms with Crippen molar-refractivity contribution in [1.29, 1.82) is 0 Å². The molecule has 0 N–H and O–H groups in total. The Bertz CT molecular complexity index is 217. The van der Waals surface area contributed by atoms with Gasteiger partial charge >= 0.3 is 5.97 Å². The zero-order chi connectivity index (χ0) is 13.8. The summed E-state index contributed by atoms with van der Waals surface area (Å²) in [5.41, 5.74) is 0. The Kier molecular flexibility index (Phi) is 12.3. The maximum absolute atomic E-state index is 11.0. The first kappa shape index (κ1) is 18.3. The summed E-state index contributed by atoms with van der Waals surface area (Å²) in [4.78, 5) is 23.6. The number of ether oxygens (including phenoxy) is 1. The summed E-state index contributed by atoms with van der Waals surface area (Å²) in [6.45, 7) is 11.0. The van der Waals surface area contributed by atoms with E-state index in [2.05, 4.69) is 18.6 Å². The normalized spacial score (nSPS) is 17.3. The molecule has 17 heavy (non-hydrogen) atoms. The Balaban J connectivity index is 0. The third kappa shape index (κ3) is 7.77. The molecule has 1 aliphatic heterocycles. The number of carbonyl (C=O) groups excluding carboxylic acids is 2. The summed E-state index contributed by atoms with van der Waals surface area (Å²) in [6.07, 6.45) is 1.98. The van der Waals surface area contributed by atoms with E-state index in [4.69, 9.17) is 0 Å². The molecule has 1 saturated heterocycles. The van der Waals surface area contributed by atoms with Crippen LogP contribution >= 0.6 is 0 Å². The number of nitrogens with zero attached hydrogens (tertiary/aromatic N) is 1. The van der Waals surface area contributed by atoms with Gasteiger partial charge in [-0.3, -0.25) is 9.59 Å². The molecule has 0 aromatic heterocycles. The number of esters is 1. The largest absolute Gasteiger partial charge is 0.469 e. The average molecular weight is 245 g/mol. The fourth-order valence-electron chi connectivity index (χ4n) is 1.41. The van der Waals surface area contributed by atoms with Crippen LogP contribution in [0, 0.1) is 5.92 Å². The zero-order valence-corrected chi connectivity index (χ0v) is 12.1. The Hall–Kier alpha value is -1.06. The SMILES string of the molecule is CC.CCC.COC(=O)C1CCN(C(C)=O)C1. The fourth-order valence-corrected chi connectivity index (χ4v) is 1.41. The highest BCUT2D eigenvalue weighted by atomic mass is 16.5. The van der Waals surface area contributed by atoms with Crippen molar-refractivity contribution in [2.24, 2.45) is 5.92 Å². The van der Waals surface area contributed by atoms with Gasteiger partial charge in [0, 0.05) is 20.0 Å². The first-order valence-corrected chi connectivity index (χ1v) is 6.40. The van der Waals surface area contributed by atoms with E-state index in [9.17, 15) is 9.59 Å². The smallest absolute Gasteiger partial charge is 0.310 e. The minimum absolute atomic E-state index is 0.0291. The van der Waals surface area contributed by atoms with Crippen molar-refractivity contribution in [2.45, 2.75) is 47.5 Å². The fraction of sp³-hybridized carbons (Fsp3) is 0.846. The molecule has 1 atom stereocenters. The van der Waals surface area contributed by atoms with E-state index in [-0.39, 0.29) is 17.8 Å². The van der Waals surface area contributed by atoms with E-state index in [0.29, 0.717) is 13.1 Å². The number of methoxy groups -OCH3 is 1. The summed E-state index contributed by atoms with van der Waals surface area (Å²) in [6, 6.07) is 0. The van der Waals surface area contributed by atoms with Gasteiger partial charge in [0.25, 0.3) is 0 Å². The number of carbonyl (C=O) groups is 2. The summed E-state index contributed by atoms with van der Waals surface area (Å²) < 4.78 is 4.59. The lowest BCUT2D eigenvalue weighted by atomic mass is 10.1. The maximum Gasteiger partial charge on any atom is 0.310 e. The second kappa shape index (κ2) is 11.4. The topological polar surface area (TPSA) is 46.6 Å². The molecular weight excluding hydrogens is 218 g/mol. The highest BCUT2D eigenvalue weighted by Crippen LogP contribution is 2.16. The summed E-state index contributed by atoms with van der Waals surface area (Å²) >= 11 is 0. The molecule has 0 radical (unpaired) electrons. The summed E-state index contributed by atoms with van der Waals surface area (Å²) in [7, 11) is 1.37. The van der Waals surface area contributed by atoms with Gasteiger partial charge in [0.05, 0.1) is 13.0 Å². The Morgan fingerprint density at radius 3 is 2.06 bits per heavy atom. The number of amides is 1. The van der Waals surface area contributed by atoms with Crippen LogP contribution in [0.5, 0.6) is 0 Å². The van der Waals surface area contributed by atoms with Crippen LogP contribution in [0.15, 0.2) is 0 Å². The van der Waals surface area contributed by atoms with Crippen LogP contribution in [-0.4, -0.2) is 37.0 Å². The van der Waals surface area contributed by atoms with Crippen LogP contribution in [0.25, 0.3) is 0 Å². The van der Waals surface area contributed by atoms with Gasteiger partial charge < -0.3 is 9.64 Å². The van der Waals surface area contributed by atoms with Gasteiger partial charge in [-0.25, -0.2) is 0 Å². The zero-order valence-electron chi connectivity index (χ0n) is 12.1. The predicted octanol–water partition coefficient (Wildman–Crippen LogP) is 2.47. The van der Waals surface area contributed by atoms with Crippen molar-refractivity contribution in [1.82, 2.24) is 4.90 Å². The molecule has 0 aromatic carbocycles. The van der Waals surface area contributed by atoms with E-state index >= 15 is 0 Å². The van der Waals surface area contributed by atoms with E-state index in [1.54, 1.807) is 4.90 Å². The molecule has 4 heteroatoms. The molecule has 0 bridgehead atoms. The highest BCUT2D eigenvalue weighted by molar-refractivity contribution is 5.77. The van der Waals surface area contributed by atoms with Gasteiger partial charge in [0.15, 0.2) is 0 Å². The van der Waals surface area contributed by atoms with Gasteiger partial charge in [-0.1, -0.05) is 34.1 Å². The predicted molar refractivity (Wildman–Crippen MR) is 69.7 cm³/mol. The molecule has 102 valence electrons. The van der Waals surface area contributed by atoms with Gasteiger partial charge in [-0.15, -0.1) is 0 Å². The lowest BCUT2D eigenvalue weighted by Crippen LogP contribution is -2.27. The first-order valence-electron chi connectivity index (χ1n) is 6.40. The van der Waals surface area contributed by atoms with Crippen molar-refractivity contribution < 1.29 is 14.3 Å². The number of rotatable bonds is 1. The van der Waals surface area contributed by atoms with Crippen molar-refractivity contribution in [2.75, 3.05) is 20.2 Å². The average Bonchev–Trinajstić information content (AvgIpc) is 2.81. The molecule has 4 nitrogen and oxygen atoms in total. The molecular formula is C13H27NO3. The quantitative estimate of drug-likeness (QED) is 0.667. The first-order chi connectivity index (χ1) is 8.06. The van der Waals surface area contributed by atoms with Crippen LogP contribution in [0.4, 0.5) is 0 Å². The summed E-state index contributed by atoms with van der Waals surface area (Å²) in [5, 5.41) is 0. The van der Waals surface area contributed by atoms with Crippen LogP contribution in [0.1, 0.15) is 47.5 Å². The second-order valence-corrected chi connectivity index (χ2v) is 3.68. The Labute approximate surface area is 105 Å². The molecule has 0 aliphatic carbocycles. The van der Waals surface area contributed by atoms with Crippen molar-refractivity contribution in [3.8, 4) is 0 Å². The number of hydrogen-bond acceptors (Lipinski definition) is 3.